The van der Waals surface area contributed by atoms with Gasteiger partial charge in [0, 0.05) is 5.56 Å². The van der Waals surface area contributed by atoms with E-state index >= 15 is 0 Å². The fourth-order valence-electron chi connectivity index (χ4n) is 2.11. The van der Waals surface area contributed by atoms with Crippen LogP contribution >= 0.6 is 11.6 Å². The largest absolute Gasteiger partial charge is 0.459 e. The molecule has 0 spiro atoms. The van der Waals surface area contributed by atoms with E-state index in [0.717, 1.165) is 30.7 Å². The van der Waals surface area contributed by atoms with Crippen LogP contribution in [0.4, 0.5) is 4.39 Å². The van der Waals surface area contributed by atoms with E-state index in [2.05, 4.69) is 19.2 Å². The molecule has 20 heavy (non-hydrogen) atoms. The molecule has 0 amide bonds. The minimum atomic E-state index is -0.418. The van der Waals surface area contributed by atoms with Crippen molar-refractivity contribution in [1.82, 2.24) is 5.32 Å². The van der Waals surface area contributed by atoms with Gasteiger partial charge >= 0.3 is 0 Å². The molecule has 108 valence electrons. The Morgan fingerprint density at radius 2 is 2.05 bits per heavy atom. The molecular weight excluding hydrogens is 277 g/mol. The fourth-order valence-corrected chi connectivity index (χ4v) is 2.29. The van der Waals surface area contributed by atoms with Crippen molar-refractivity contribution in [2.24, 2.45) is 0 Å². The lowest BCUT2D eigenvalue weighted by Crippen LogP contribution is -2.20. The summed E-state index contributed by atoms with van der Waals surface area (Å²) in [5, 5.41) is 3.55. The predicted molar refractivity (Wildman–Crippen MR) is 80.4 cm³/mol. The van der Waals surface area contributed by atoms with Gasteiger partial charge in [0.25, 0.3) is 0 Å². The first-order valence-electron chi connectivity index (χ1n) is 6.94. The Kier molecular flexibility index (Phi) is 5.21. The molecule has 1 heterocycles. The van der Waals surface area contributed by atoms with Crippen LogP contribution in [-0.2, 0) is 0 Å². The lowest BCUT2D eigenvalue weighted by atomic mass is 10.1. The van der Waals surface area contributed by atoms with E-state index in [1.165, 1.54) is 6.07 Å². The van der Waals surface area contributed by atoms with Gasteiger partial charge in [-0.3, -0.25) is 0 Å². The van der Waals surface area contributed by atoms with Crippen LogP contribution in [0.2, 0.25) is 5.02 Å². The van der Waals surface area contributed by atoms with Crippen LogP contribution in [0, 0.1) is 5.82 Å². The summed E-state index contributed by atoms with van der Waals surface area (Å²) in [6, 6.07) is 8.68. The average molecular weight is 296 g/mol. The summed E-state index contributed by atoms with van der Waals surface area (Å²) in [6.07, 6.45) is 2.04. The molecule has 0 aliphatic heterocycles. The van der Waals surface area contributed by atoms with E-state index in [0.29, 0.717) is 5.76 Å². The van der Waals surface area contributed by atoms with E-state index in [1.54, 1.807) is 12.1 Å². The molecule has 1 unspecified atom stereocenters. The second kappa shape index (κ2) is 6.91. The maximum Gasteiger partial charge on any atom is 0.141 e. The highest BCUT2D eigenvalue weighted by atomic mass is 35.5. The van der Waals surface area contributed by atoms with Crippen LogP contribution in [0.15, 0.2) is 34.7 Å². The first-order valence-corrected chi connectivity index (χ1v) is 7.32. The molecule has 0 bridgehead atoms. The number of furan rings is 1. The molecule has 0 aliphatic carbocycles. The third-order valence-electron chi connectivity index (χ3n) is 3.22. The minimum absolute atomic E-state index is 0.108. The van der Waals surface area contributed by atoms with Gasteiger partial charge in [-0.25, -0.2) is 4.39 Å². The molecule has 0 saturated heterocycles. The number of halogens is 2. The number of rotatable bonds is 6. The van der Waals surface area contributed by atoms with Gasteiger partial charge in [0.2, 0.25) is 0 Å². The number of hydrogen-bond donors (Lipinski definition) is 1. The van der Waals surface area contributed by atoms with Gasteiger partial charge in [-0.05, 0) is 49.7 Å². The van der Waals surface area contributed by atoms with Gasteiger partial charge in [0.1, 0.15) is 17.3 Å². The van der Waals surface area contributed by atoms with Crippen LogP contribution in [0.1, 0.15) is 38.5 Å². The molecule has 0 aliphatic rings. The van der Waals surface area contributed by atoms with Crippen molar-refractivity contribution in [3.05, 3.63) is 46.9 Å². The van der Waals surface area contributed by atoms with Gasteiger partial charge in [-0.15, -0.1) is 0 Å². The molecule has 1 N–H and O–H groups in total. The van der Waals surface area contributed by atoms with Gasteiger partial charge in [-0.1, -0.05) is 25.4 Å². The molecule has 2 rings (SSSR count). The average Bonchev–Trinajstić information content (AvgIpc) is 2.92. The van der Waals surface area contributed by atoms with Gasteiger partial charge in [0.05, 0.1) is 11.1 Å². The first-order chi connectivity index (χ1) is 9.65. The van der Waals surface area contributed by atoms with Gasteiger partial charge < -0.3 is 9.73 Å². The van der Waals surface area contributed by atoms with Gasteiger partial charge in [0.15, 0.2) is 0 Å². The summed E-state index contributed by atoms with van der Waals surface area (Å²) in [5.74, 6) is 1.19. The zero-order chi connectivity index (χ0) is 14.5. The maximum atomic E-state index is 13.2. The molecular formula is C16H19ClFNO. The standard InChI is InChI=1S/C16H19ClFNO/c1-3-9-19-14(4-2)16-8-7-15(20-16)11-5-6-13(18)12(17)10-11/h5-8,10,14,19H,3-4,9H2,1-2H3. The Labute approximate surface area is 123 Å². The first kappa shape index (κ1) is 15.1. The molecule has 4 heteroatoms. The van der Waals surface area contributed by atoms with E-state index in [9.17, 15) is 4.39 Å². The fraction of sp³-hybridized carbons (Fsp3) is 0.375. The van der Waals surface area contributed by atoms with Crippen LogP contribution in [0.25, 0.3) is 11.3 Å². The minimum Gasteiger partial charge on any atom is -0.459 e. The van der Waals surface area contributed by atoms with E-state index < -0.39 is 5.82 Å². The Balaban J connectivity index is 2.20. The second-order valence-electron chi connectivity index (χ2n) is 4.75. The molecule has 0 fully saturated rings. The predicted octanol–water partition coefficient (Wildman–Crippen LogP) is 5.19. The lowest BCUT2D eigenvalue weighted by molar-refractivity contribution is 0.411. The van der Waals surface area contributed by atoms with E-state index in [1.807, 2.05) is 12.1 Å². The molecule has 1 atom stereocenters. The number of nitrogens with one attached hydrogen (secondary N) is 1. The second-order valence-corrected chi connectivity index (χ2v) is 5.15. The summed E-state index contributed by atoms with van der Waals surface area (Å²) in [5.41, 5.74) is 0.785. The summed E-state index contributed by atoms with van der Waals surface area (Å²) in [4.78, 5) is 0. The van der Waals surface area contributed by atoms with Gasteiger partial charge in [-0.2, -0.15) is 0 Å². The Morgan fingerprint density at radius 3 is 2.70 bits per heavy atom. The zero-order valence-electron chi connectivity index (χ0n) is 11.7. The van der Waals surface area contributed by atoms with Crippen molar-refractivity contribution in [2.45, 2.75) is 32.7 Å². The quantitative estimate of drug-likeness (QED) is 0.793. The zero-order valence-corrected chi connectivity index (χ0v) is 12.5. The SMILES string of the molecule is CCCNC(CC)c1ccc(-c2ccc(F)c(Cl)c2)o1. The normalized spacial score (nSPS) is 12.6. The summed E-state index contributed by atoms with van der Waals surface area (Å²) < 4.78 is 19.0. The Bertz CT molecular complexity index is 567. The monoisotopic (exact) mass is 295 g/mol. The number of hydrogen-bond acceptors (Lipinski definition) is 2. The maximum absolute atomic E-state index is 13.2. The molecule has 1 aromatic heterocycles. The van der Waals surface area contributed by atoms with Crippen molar-refractivity contribution in [2.75, 3.05) is 6.54 Å². The van der Waals surface area contributed by atoms with Crippen molar-refractivity contribution in [3.63, 3.8) is 0 Å². The molecule has 2 nitrogen and oxygen atoms in total. The van der Waals surface area contributed by atoms with Crippen LogP contribution in [0.5, 0.6) is 0 Å². The van der Waals surface area contributed by atoms with Crippen molar-refractivity contribution >= 4 is 11.6 Å². The summed E-state index contributed by atoms with van der Waals surface area (Å²) >= 11 is 5.80. The van der Waals surface area contributed by atoms with Crippen LogP contribution < -0.4 is 5.32 Å². The van der Waals surface area contributed by atoms with E-state index in [-0.39, 0.29) is 11.1 Å². The molecule has 0 saturated carbocycles. The molecule has 2 aromatic rings. The third kappa shape index (κ3) is 3.41. The summed E-state index contributed by atoms with van der Waals surface area (Å²) in [7, 11) is 0. The van der Waals surface area contributed by atoms with E-state index in [4.69, 9.17) is 16.0 Å². The van der Waals surface area contributed by atoms with Crippen molar-refractivity contribution in [1.29, 1.82) is 0 Å². The smallest absolute Gasteiger partial charge is 0.141 e. The highest BCUT2D eigenvalue weighted by Crippen LogP contribution is 2.29. The molecule has 0 radical (unpaired) electrons. The third-order valence-corrected chi connectivity index (χ3v) is 3.51. The van der Waals surface area contributed by atoms with Crippen LogP contribution in [0.3, 0.4) is 0 Å². The summed E-state index contributed by atoms with van der Waals surface area (Å²) in [6.45, 7) is 5.20. The van der Waals surface area contributed by atoms with Crippen molar-refractivity contribution in [3.8, 4) is 11.3 Å². The Hall–Kier alpha value is -1.32. The highest BCUT2D eigenvalue weighted by molar-refractivity contribution is 6.31. The lowest BCUT2D eigenvalue weighted by Gasteiger charge is -2.13. The Morgan fingerprint density at radius 1 is 1.25 bits per heavy atom. The number of benzene rings is 1. The molecule has 1 aromatic carbocycles. The van der Waals surface area contributed by atoms with Crippen molar-refractivity contribution < 1.29 is 8.81 Å². The highest BCUT2D eigenvalue weighted by Gasteiger charge is 2.14. The topological polar surface area (TPSA) is 25.2 Å². The van der Waals surface area contributed by atoms with Crippen LogP contribution in [-0.4, -0.2) is 6.54 Å².